The van der Waals surface area contributed by atoms with Gasteiger partial charge in [0.05, 0.1) is 23.3 Å². The molecule has 0 unspecified atom stereocenters. The summed E-state index contributed by atoms with van der Waals surface area (Å²) < 4.78 is 1.89. The van der Waals surface area contributed by atoms with E-state index in [1.165, 1.54) is 6.42 Å². The molecule has 1 aliphatic rings. The SMILES string of the molecule is Cc1nn(C)c(C)c1-c1cnc(C[C@H]2CCNC2)cn1. The largest absolute Gasteiger partial charge is 0.316 e. The van der Waals surface area contributed by atoms with Gasteiger partial charge in [-0.05, 0) is 45.7 Å². The summed E-state index contributed by atoms with van der Waals surface area (Å²) in [5.41, 5.74) is 5.24. The highest BCUT2D eigenvalue weighted by Gasteiger charge is 2.17. The zero-order valence-corrected chi connectivity index (χ0v) is 12.3. The van der Waals surface area contributed by atoms with Gasteiger partial charge in [-0.2, -0.15) is 5.10 Å². The second-order valence-electron chi connectivity index (χ2n) is 5.63. The Morgan fingerprint density at radius 3 is 2.70 bits per heavy atom. The molecular weight excluding hydrogens is 250 g/mol. The van der Waals surface area contributed by atoms with Crippen molar-refractivity contribution in [1.82, 2.24) is 25.1 Å². The van der Waals surface area contributed by atoms with Crippen molar-refractivity contribution < 1.29 is 0 Å². The standard InChI is InChI=1S/C15H21N5/c1-10-15(11(2)20(3)19-10)14-9-17-13(8-18-14)6-12-4-5-16-7-12/h8-9,12,16H,4-7H2,1-3H3/t12-/m1/s1. The van der Waals surface area contributed by atoms with Gasteiger partial charge in [0.25, 0.3) is 0 Å². The molecule has 5 nitrogen and oxygen atoms in total. The third kappa shape index (κ3) is 2.45. The molecule has 0 amide bonds. The van der Waals surface area contributed by atoms with E-state index in [1.807, 2.05) is 31.0 Å². The molecule has 0 spiro atoms. The fourth-order valence-corrected chi connectivity index (χ4v) is 2.92. The van der Waals surface area contributed by atoms with E-state index in [4.69, 9.17) is 0 Å². The Morgan fingerprint density at radius 1 is 1.30 bits per heavy atom. The van der Waals surface area contributed by atoms with Crippen LogP contribution in [0.5, 0.6) is 0 Å². The van der Waals surface area contributed by atoms with Crippen molar-refractivity contribution in [3.05, 3.63) is 29.5 Å². The molecule has 3 heterocycles. The number of nitrogens with zero attached hydrogens (tertiary/aromatic N) is 4. The Hall–Kier alpha value is -1.75. The molecule has 1 aliphatic heterocycles. The van der Waals surface area contributed by atoms with Gasteiger partial charge in [0, 0.05) is 24.5 Å². The molecule has 1 N–H and O–H groups in total. The third-order valence-electron chi connectivity index (χ3n) is 4.13. The molecule has 1 atom stereocenters. The number of aromatic nitrogens is 4. The Morgan fingerprint density at radius 2 is 2.15 bits per heavy atom. The Kier molecular flexibility index (Phi) is 3.53. The normalized spacial score (nSPS) is 18.6. The molecule has 2 aromatic rings. The van der Waals surface area contributed by atoms with E-state index in [1.54, 1.807) is 0 Å². The van der Waals surface area contributed by atoms with Crippen molar-refractivity contribution in [2.24, 2.45) is 13.0 Å². The molecule has 1 fully saturated rings. The molecule has 1 saturated heterocycles. The predicted molar refractivity (Wildman–Crippen MR) is 78.4 cm³/mol. The van der Waals surface area contributed by atoms with Gasteiger partial charge in [-0.1, -0.05) is 0 Å². The highest BCUT2D eigenvalue weighted by Crippen LogP contribution is 2.24. The Bertz CT molecular complexity index is 593. The van der Waals surface area contributed by atoms with Gasteiger partial charge >= 0.3 is 0 Å². The predicted octanol–water partition coefficient (Wildman–Crippen LogP) is 1.65. The van der Waals surface area contributed by atoms with Gasteiger partial charge in [0.1, 0.15) is 0 Å². The zero-order valence-electron chi connectivity index (χ0n) is 12.3. The van der Waals surface area contributed by atoms with E-state index in [2.05, 4.69) is 27.3 Å². The fourth-order valence-electron chi connectivity index (χ4n) is 2.92. The van der Waals surface area contributed by atoms with Crippen molar-refractivity contribution in [3.8, 4) is 11.3 Å². The quantitative estimate of drug-likeness (QED) is 0.922. The van der Waals surface area contributed by atoms with Gasteiger partial charge < -0.3 is 5.32 Å². The lowest BCUT2D eigenvalue weighted by Crippen LogP contribution is -2.11. The summed E-state index contributed by atoms with van der Waals surface area (Å²) in [6.07, 6.45) is 6.06. The number of nitrogens with one attached hydrogen (secondary N) is 1. The molecule has 0 bridgehead atoms. The van der Waals surface area contributed by atoms with Crippen molar-refractivity contribution in [2.75, 3.05) is 13.1 Å². The van der Waals surface area contributed by atoms with E-state index < -0.39 is 0 Å². The smallest absolute Gasteiger partial charge is 0.0922 e. The van der Waals surface area contributed by atoms with E-state index in [9.17, 15) is 0 Å². The van der Waals surface area contributed by atoms with Gasteiger partial charge in [0.15, 0.2) is 0 Å². The molecule has 106 valence electrons. The number of rotatable bonds is 3. The monoisotopic (exact) mass is 271 g/mol. The molecule has 2 aromatic heterocycles. The highest BCUT2D eigenvalue weighted by atomic mass is 15.3. The van der Waals surface area contributed by atoms with Crippen LogP contribution in [0.15, 0.2) is 12.4 Å². The number of hydrogen-bond acceptors (Lipinski definition) is 4. The van der Waals surface area contributed by atoms with E-state index in [-0.39, 0.29) is 0 Å². The van der Waals surface area contributed by atoms with Gasteiger partial charge in [-0.25, -0.2) is 0 Å². The summed E-state index contributed by atoms with van der Waals surface area (Å²) in [5, 5.41) is 7.82. The Balaban J connectivity index is 1.81. The van der Waals surface area contributed by atoms with E-state index >= 15 is 0 Å². The van der Waals surface area contributed by atoms with Crippen molar-refractivity contribution >= 4 is 0 Å². The van der Waals surface area contributed by atoms with Crippen LogP contribution in [0, 0.1) is 19.8 Å². The minimum Gasteiger partial charge on any atom is -0.316 e. The van der Waals surface area contributed by atoms with Crippen molar-refractivity contribution in [1.29, 1.82) is 0 Å². The summed E-state index contributed by atoms with van der Waals surface area (Å²) in [7, 11) is 1.96. The molecular formula is C15H21N5. The molecule has 0 radical (unpaired) electrons. The van der Waals surface area contributed by atoms with Crippen LogP contribution < -0.4 is 5.32 Å². The van der Waals surface area contributed by atoms with Crippen LogP contribution in [-0.4, -0.2) is 32.8 Å². The van der Waals surface area contributed by atoms with Gasteiger partial charge in [0.2, 0.25) is 0 Å². The van der Waals surface area contributed by atoms with Crippen molar-refractivity contribution in [3.63, 3.8) is 0 Å². The first-order valence-electron chi connectivity index (χ1n) is 7.17. The van der Waals surface area contributed by atoms with E-state index in [0.29, 0.717) is 5.92 Å². The molecule has 5 heteroatoms. The lowest BCUT2D eigenvalue weighted by molar-refractivity contribution is 0.570. The average molecular weight is 271 g/mol. The topological polar surface area (TPSA) is 55.6 Å². The minimum atomic E-state index is 0.706. The van der Waals surface area contributed by atoms with Crippen LogP contribution >= 0.6 is 0 Å². The van der Waals surface area contributed by atoms with Crippen LogP contribution in [0.25, 0.3) is 11.3 Å². The fraction of sp³-hybridized carbons (Fsp3) is 0.533. The molecule has 0 aromatic carbocycles. The second kappa shape index (κ2) is 5.32. The number of aryl methyl sites for hydroxylation is 2. The Labute approximate surface area is 119 Å². The minimum absolute atomic E-state index is 0.706. The first-order chi connectivity index (χ1) is 9.65. The molecule has 0 aliphatic carbocycles. The lowest BCUT2D eigenvalue weighted by Gasteiger charge is -2.07. The maximum absolute atomic E-state index is 4.59. The highest BCUT2D eigenvalue weighted by molar-refractivity contribution is 5.63. The summed E-state index contributed by atoms with van der Waals surface area (Å²) in [6.45, 7) is 6.31. The van der Waals surface area contributed by atoms with Crippen LogP contribution in [0.1, 0.15) is 23.5 Å². The number of hydrogen-bond donors (Lipinski definition) is 1. The van der Waals surface area contributed by atoms with Crippen LogP contribution in [0.3, 0.4) is 0 Å². The first-order valence-corrected chi connectivity index (χ1v) is 7.17. The average Bonchev–Trinajstić information content (AvgIpc) is 3.01. The summed E-state index contributed by atoms with van der Waals surface area (Å²) in [6, 6.07) is 0. The van der Waals surface area contributed by atoms with Crippen molar-refractivity contribution in [2.45, 2.75) is 26.7 Å². The van der Waals surface area contributed by atoms with E-state index in [0.717, 1.165) is 47.8 Å². The van der Waals surface area contributed by atoms with Gasteiger partial charge in [-0.3, -0.25) is 14.6 Å². The first kappa shape index (κ1) is 13.2. The maximum atomic E-state index is 4.59. The second-order valence-corrected chi connectivity index (χ2v) is 5.63. The van der Waals surface area contributed by atoms with Crippen LogP contribution in [-0.2, 0) is 13.5 Å². The summed E-state index contributed by atoms with van der Waals surface area (Å²) >= 11 is 0. The molecule has 20 heavy (non-hydrogen) atoms. The molecule has 3 rings (SSSR count). The summed E-state index contributed by atoms with van der Waals surface area (Å²) in [4.78, 5) is 9.17. The summed E-state index contributed by atoms with van der Waals surface area (Å²) in [5.74, 6) is 0.706. The van der Waals surface area contributed by atoms with Crippen LogP contribution in [0.4, 0.5) is 0 Å². The lowest BCUT2D eigenvalue weighted by atomic mass is 10.0. The third-order valence-corrected chi connectivity index (χ3v) is 4.13. The zero-order chi connectivity index (χ0) is 14.1. The van der Waals surface area contributed by atoms with Crippen LogP contribution in [0.2, 0.25) is 0 Å². The molecule has 0 saturated carbocycles. The maximum Gasteiger partial charge on any atom is 0.0922 e. The van der Waals surface area contributed by atoms with Gasteiger partial charge in [-0.15, -0.1) is 0 Å².